The number of aromatic nitrogens is 3. The monoisotopic (exact) mass is 277 g/mol. The van der Waals surface area contributed by atoms with Crippen LogP contribution in [0.15, 0.2) is 24.3 Å². The molecule has 3 rings (SSSR count). The van der Waals surface area contributed by atoms with Crippen molar-refractivity contribution >= 4 is 11.6 Å². The van der Waals surface area contributed by atoms with Crippen molar-refractivity contribution in [3.8, 4) is 5.75 Å². The first-order valence-electron chi connectivity index (χ1n) is 6.48. The van der Waals surface area contributed by atoms with Gasteiger partial charge in [0.15, 0.2) is 0 Å². The zero-order valence-electron chi connectivity index (χ0n) is 11.0. The van der Waals surface area contributed by atoms with Crippen molar-refractivity contribution in [3.63, 3.8) is 0 Å². The Bertz CT molecular complexity index is 569. The van der Waals surface area contributed by atoms with E-state index in [9.17, 15) is 0 Å². The summed E-state index contributed by atoms with van der Waals surface area (Å²) in [5, 5.41) is 8.52. The minimum Gasteiger partial charge on any atom is -0.488 e. The first-order valence-corrected chi connectivity index (χ1v) is 6.86. The van der Waals surface area contributed by atoms with Crippen molar-refractivity contribution < 1.29 is 4.74 Å². The van der Waals surface area contributed by atoms with E-state index in [2.05, 4.69) is 30.1 Å². The number of fused-ring (bicyclic) bond motifs is 1. The van der Waals surface area contributed by atoms with Gasteiger partial charge in [-0.25, -0.2) is 0 Å². The summed E-state index contributed by atoms with van der Waals surface area (Å²) in [5.41, 5.74) is 1.25. The maximum Gasteiger partial charge on any atom is 0.225 e. The average molecular weight is 278 g/mol. The van der Waals surface area contributed by atoms with Crippen molar-refractivity contribution in [2.24, 2.45) is 0 Å². The van der Waals surface area contributed by atoms with Crippen molar-refractivity contribution in [2.45, 2.75) is 38.8 Å². The van der Waals surface area contributed by atoms with Gasteiger partial charge in [0.05, 0.1) is 6.54 Å². The Balaban J connectivity index is 1.79. The van der Waals surface area contributed by atoms with Gasteiger partial charge >= 0.3 is 0 Å². The molecule has 1 atom stereocenters. The van der Waals surface area contributed by atoms with Gasteiger partial charge < -0.3 is 4.74 Å². The van der Waals surface area contributed by atoms with Crippen molar-refractivity contribution in [1.82, 2.24) is 14.8 Å². The van der Waals surface area contributed by atoms with Gasteiger partial charge in [-0.15, -0.1) is 10.2 Å². The minimum atomic E-state index is 0.100. The third-order valence-corrected chi connectivity index (χ3v) is 3.63. The van der Waals surface area contributed by atoms with Gasteiger partial charge in [-0.2, -0.15) is 0 Å². The number of benzene rings is 1. The molecule has 0 spiro atoms. The first-order chi connectivity index (χ1) is 9.15. The summed E-state index contributed by atoms with van der Waals surface area (Å²) in [5.74, 6) is 2.18. The van der Waals surface area contributed by atoms with Crippen LogP contribution in [0.5, 0.6) is 5.75 Å². The second-order valence-corrected chi connectivity index (χ2v) is 5.48. The van der Waals surface area contributed by atoms with Crippen LogP contribution in [0.3, 0.4) is 0 Å². The molecule has 1 aromatic heterocycles. The standard InChI is InChI=1S/C14H16ClN3O/c1-9(2)13-16-17-14(15)18(13)8-11-7-10-5-3-4-6-12(10)19-11/h3-6,9,11H,7-8H2,1-2H3. The highest BCUT2D eigenvalue weighted by molar-refractivity contribution is 6.28. The third-order valence-electron chi connectivity index (χ3n) is 3.35. The highest BCUT2D eigenvalue weighted by Gasteiger charge is 2.25. The fraction of sp³-hybridized carbons (Fsp3) is 0.429. The molecule has 0 saturated carbocycles. The summed E-state index contributed by atoms with van der Waals surface area (Å²) in [7, 11) is 0. The van der Waals surface area contributed by atoms with Crippen molar-refractivity contribution in [3.05, 3.63) is 40.9 Å². The molecule has 0 N–H and O–H groups in total. The molecule has 4 nitrogen and oxygen atoms in total. The normalized spacial score (nSPS) is 17.6. The number of rotatable bonds is 3. The zero-order chi connectivity index (χ0) is 13.4. The molecular weight excluding hydrogens is 262 g/mol. The molecule has 0 amide bonds. The maximum absolute atomic E-state index is 6.11. The van der Waals surface area contributed by atoms with E-state index in [0.29, 0.717) is 17.7 Å². The molecule has 0 saturated heterocycles. The highest BCUT2D eigenvalue weighted by Crippen LogP contribution is 2.29. The molecule has 19 heavy (non-hydrogen) atoms. The smallest absolute Gasteiger partial charge is 0.225 e. The number of hydrogen-bond donors (Lipinski definition) is 0. The lowest BCUT2D eigenvalue weighted by Gasteiger charge is -2.15. The maximum atomic E-state index is 6.11. The lowest BCUT2D eigenvalue weighted by Crippen LogP contribution is -2.22. The largest absolute Gasteiger partial charge is 0.488 e. The van der Waals surface area contributed by atoms with Crippen LogP contribution in [0.25, 0.3) is 0 Å². The van der Waals surface area contributed by atoms with Crippen LogP contribution >= 0.6 is 11.6 Å². The predicted octanol–water partition coefficient (Wildman–Crippen LogP) is 3.06. The van der Waals surface area contributed by atoms with Crippen LogP contribution in [0.1, 0.15) is 31.2 Å². The van der Waals surface area contributed by atoms with Gasteiger partial charge in [-0.05, 0) is 23.2 Å². The molecule has 1 unspecified atom stereocenters. The van der Waals surface area contributed by atoms with Crippen LogP contribution in [0, 0.1) is 0 Å². The van der Waals surface area contributed by atoms with E-state index < -0.39 is 0 Å². The van der Waals surface area contributed by atoms with Gasteiger partial charge in [-0.3, -0.25) is 4.57 Å². The molecule has 1 aliphatic rings. The van der Waals surface area contributed by atoms with E-state index in [0.717, 1.165) is 18.0 Å². The van der Waals surface area contributed by atoms with Crippen LogP contribution < -0.4 is 4.74 Å². The molecule has 1 aliphatic heterocycles. The number of para-hydroxylation sites is 1. The van der Waals surface area contributed by atoms with Gasteiger partial charge in [0.25, 0.3) is 0 Å². The van der Waals surface area contributed by atoms with Crippen LogP contribution in [-0.4, -0.2) is 20.9 Å². The first kappa shape index (κ1) is 12.5. The molecule has 0 aliphatic carbocycles. The summed E-state index contributed by atoms with van der Waals surface area (Å²) in [6.45, 7) is 4.86. The lowest BCUT2D eigenvalue weighted by molar-refractivity contribution is 0.207. The Morgan fingerprint density at radius 2 is 2.16 bits per heavy atom. The van der Waals surface area contributed by atoms with Crippen molar-refractivity contribution in [2.75, 3.05) is 0 Å². The molecule has 0 radical (unpaired) electrons. The van der Waals surface area contributed by atoms with Crippen LogP contribution in [0.2, 0.25) is 5.28 Å². The Labute approximate surface area is 117 Å². The quantitative estimate of drug-likeness (QED) is 0.866. The van der Waals surface area contributed by atoms with E-state index >= 15 is 0 Å². The third kappa shape index (κ3) is 2.32. The molecule has 100 valence electrons. The summed E-state index contributed by atoms with van der Waals surface area (Å²) in [6, 6.07) is 8.14. The van der Waals surface area contributed by atoms with E-state index in [1.54, 1.807) is 0 Å². The van der Waals surface area contributed by atoms with Gasteiger partial charge in [0, 0.05) is 12.3 Å². The molecule has 2 heterocycles. The highest BCUT2D eigenvalue weighted by atomic mass is 35.5. The predicted molar refractivity (Wildman–Crippen MR) is 73.7 cm³/mol. The topological polar surface area (TPSA) is 39.9 Å². The minimum absolute atomic E-state index is 0.100. The second kappa shape index (κ2) is 4.85. The molecule has 0 fully saturated rings. The van der Waals surface area contributed by atoms with E-state index in [1.807, 2.05) is 22.8 Å². The fourth-order valence-corrected chi connectivity index (χ4v) is 2.64. The second-order valence-electron chi connectivity index (χ2n) is 5.14. The summed E-state index contributed by atoms with van der Waals surface area (Å²) < 4.78 is 7.88. The van der Waals surface area contributed by atoms with Gasteiger partial charge in [0.2, 0.25) is 5.28 Å². The van der Waals surface area contributed by atoms with Crippen LogP contribution in [-0.2, 0) is 13.0 Å². The summed E-state index contributed by atoms with van der Waals surface area (Å²) >= 11 is 6.11. The molecule has 1 aromatic carbocycles. The van der Waals surface area contributed by atoms with Gasteiger partial charge in [0.1, 0.15) is 17.7 Å². The molecule has 0 bridgehead atoms. The number of nitrogens with zero attached hydrogens (tertiary/aromatic N) is 3. The van der Waals surface area contributed by atoms with Crippen molar-refractivity contribution in [1.29, 1.82) is 0 Å². The number of halogens is 1. The Morgan fingerprint density at radius 1 is 1.37 bits per heavy atom. The zero-order valence-corrected chi connectivity index (χ0v) is 11.8. The SMILES string of the molecule is CC(C)c1nnc(Cl)n1CC1Cc2ccccc2O1. The fourth-order valence-electron chi connectivity index (χ4n) is 2.45. The molecule has 2 aromatic rings. The Kier molecular flexibility index (Phi) is 3.19. The molecule has 5 heteroatoms. The molecular formula is C14H16ClN3O. The van der Waals surface area contributed by atoms with E-state index in [4.69, 9.17) is 16.3 Å². The lowest BCUT2D eigenvalue weighted by atomic mass is 10.1. The number of hydrogen-bond acceptors (Lipinski definition) is 3. The average Bonchev–Trinajstić information content (AvgIpc) is 2.94. The Morgan fingerprint density at radius 3 is 2.89 bits per heavy atom. The van der Waals surface area contributed by atoms with E-state index in [-0.39, 0.29) is 6.10 Å². The van der Waals surface area contributed by atoms with Crippen LogP contribution in [0.4, 0.5) is 0 Å². The summed E-state index contributed by atoms with van der Waals surface area (Å²) in [6.07, 6.45) is 1.01. The number of ether oxygens (including phenoxy) is 1. The van der Waals surface area contributed by atoms with E-state index in [1.165, 1.54) is 5.56 Å². The Hall–Kier alpha value is -1.55. The summed E-state index contributed by atoms with van der Waals surface area (Å²) in [4.78, 5) is 0. The van der Waals surface area contributed by atoms with Gasteiger partial charge in [-0.1, -0.05) is 32.0 Å².